The van der Waals surface area contributed by atoms with Crippen LogP contribution in [0.4, 0.5) is 8.78 Å². The largest absolute Gasteiger partial charge is 0.307 e. The average Bonchev–Trinajstić information content (AvgIpc) is 2.77. The highest BCUT2D eigenvalue weighted by Gasteiger charge is 2.46. The molecule has 0 spiro atoms. The summed E-state index contributed by atoms with van der Waals surface area (Å²) in [4.78, 5) is 0. The van der Waals surface area contributed by atoms with Gasteiger partial charge in [-0.05, 0) is 37.0 Å². The van der Waals surface area contributed by atoms with Gasteiger partial charge >= 0.3 is 0 Å². The van der Waals surface area contributed by atoms with Crippen LogP contribution >= 0.6 is 0 Å². The Labute approximate surface area is 94.9 Å². The Kier molecular flexibility index (Phi) is 2.74. The molecule has 0 aliphatic heterocycles. The van der Waals surface area contributed by atoms with Crippen molar-refractivity contribution in [3.05, 3.63) is 35.4 Å². The summed E-state index contributed by atoms with van der Waals surface area (Å²) in [5.41, 5.74) is 0.695. The lowest BCUT2D eigenvalue weighted by Gasteiger charge is -2.16. The Morgan fingerprint density at radius 2 is 2.00 bits per heavy atom. The zero-order valence-corrected chi connectivity index (χ0v) is 9.85. The van der Waals surface area contributed by atoms with E-state index in [4.69, 9.17) is 0 Å². The maximum Gasteiger partial charge on any atom is 0.128 e. The average molecular weight is 225 g/mol. The summed E-state index contributed by atoms with van der Waals surface area (Å²) in [6, 6.07) is 3.85. The molecule has 1 nitrogen and oxygen atoms in total. The van der Waals surface area contributed by atoms with Crippen LogP contribution in [-0.4, -0.2) is 6.04 Å². The van der Waals surface area contributed by atoms with Crippen LogP contribution in [0.25, 0.3) is 0 Å². The summed E-state index contributed by atoms with van der Waals surface area (Å²) in [5.74, 6) is -0.736. The summed E-state index contributed by atoms with van der Waals surface area (Å²) >= 11 is 0. The van der Waals surface area contributed by atoms with Gasteiger partial charge in [0.2, 0.25) is 0 Å². The van der Waals surface area contributed by atoms with Gasteiger partial charge in [-0.2, -0.15) is 0 Å². The molecule has 1 saturated carbocycles. The topological polar surface area (TPSA) is 12.0 Å². The Balaban J connectivity index is 2.09. The molecule has 2 unspecified atom stereocenters. The Morgan fingerprint density at radius 3 is 2.56 bits per heavy atom. The summed E-state index contributed by atoms with van der Waals surface area (Å²) in [5, 5.41) is 3.32. The highest BCUT2D eigenvalue weighted by atomic mass is 19.1. The maximum atomic E-state index is 13.5. The highest BCUT2D eigenvalue weighted by molar-refractivity contribution is 5.22. The third-order valence-electron chi connectivity index (χ3n) is 3.39. The van der Waals surface area contributed by atoms with Gasteiger partial charge in [0.15, 0.2) is 0 Å². The smallest absolute Gasteiger partial charge is 0.128 e. The second-order valence-electron chi connectivity index (χ2n) is 5.30. The molecule has 2 atom stereocenters. The summed E-state index contributed by atoms with van der Waals surface area (Å²) in [6.07, 6.45) is 1.09. The standard InChI is InChI=1S/C13H17F2N/c1-8(16-12-7-13(12,2)3)10-6-9(14)4-5-11(10)15/h4-6,8,12,16H,7H2,1-3H3. The van der Waals surface area contributed by atoms with Crippen LogP contribution < -0.4 is 5.32 Å². The van der Waals surface area contributed by atoms with E-state index in [1.54, 1.807) is 0 Å². The van der Waals surface area contributed by atoms with Crippen molar-refractivity contribution in [3.63, 3.8) is 0 Å². The third-order valence-corrected chi connectivity index (χ3v) is 3.39. The van der Waals surface area contributed by atoms with E-state index in [-0.39, 0.29) is 23.1 Å². The first-order valence-corrected chi connectivity index (χ1v) is 5.61. The van der Waals surface area contributed by atoms with E-state index in [2.05, 4.69) is 19.2 Å². The van der Waals surface area contributed by atoms with Gasteiger partial charge in [-0.1, -0.05) is 13.8 Å². The maximum absolute atomic E-state index is 13.5. The van der Waals surface area contributed by atoms with Gasteiger partial charge in [-0.3, -0.25) is 0 Å². The fraction of sp³-hybridized carbons (Fsp3) is 0.538. The predicted octanol–water partition coefficient (Wildman–Crippen LogP) is 3.41. The van der Waals surface area contributed by atoms with Gasteiger partial charge in [-0.25, -0.2) is 8.78 Å². The molecule has 0 aromatic heterocycles. The van der Waals surface area contributed by atoms with E-state index < -0.39 is 0 Å². The molecule has 1 aromatic rings. The van der Waals surface area contributed by atoms with Crippen molar-refractivity contribution in [1.29, 1.82) is 0 Å². The van der Waals surface area contributed by atoms with E-state index >= 15 is 0 Å². The van der Waals surface area contributed by atoms with Crippen LogP contribution in [-0.2, 0) is 0 Å². The van der Waals surface area contributed by atoms with Crippen molar-refractivity contribution >= 4 is 0 Å². The predicted molar refractivity (Wildman–Crippen MR) is 60.1 cm³/mol. The zero-order chi connectivity index (χ0) is 11.9. The first-order valence-electron chi connectivity index (χ1n) is 5.61. The van der Waals surface area contributed by atoms with Crippen molar-refractivity contribution in [2.45, 2.75) is 39.3 Å². The molecule has 0 radical (unpaired) electrons. The molecule has 2 rings (SSSR count). The second-order valence-corrected chi connectivity index (χ2v) is 5.30. The SMILES string of the molecule is CC(NC1CC1(C)C)c1cc(F)ccc1F. The van der Waals surface area contributed by atoms with Gasteiger partial charge in [0.05, 0.1) is 0 Å². The molecule has 88 valence electrons. The lowest BCUT2D eigenvalue weighted by atomic mass is 10.1. The number of hydrogen-bond donors (Lipinski definition) is 1. The molecule has 1 aromatic carbocycles. The number of rotatable bonds is 3. The molecule has 1 N–H and O–H groups in total. The number of nitrogens with one attached hydrogen (secondary N) is 1. The fourth-order valence-electron chi connectivity index (χ4n) is 1.99. The van der Waals surface area contributed by atoms with Crippen molar-refractivity contribution in [1.82, 2.24) is 5.32 Å². The molecule has 16 heavy (non-hydrogen) atoms. The van der Waals surface area contributed by atoms with E-state index in [1.807, 2.05) is 6.92 Å². The van der Waals surface area contributed by atoms with Crippen LogP contribution in [0.3, 0.4) is 0 Å². The molecule has 1 aliphatic carbocycles. The number of benzene rings is 1. The minimum atomic E-state index is -0.389. The van der Waals surface area contributed by atoms with Crippen molar-refractivity contribution in [3.8, 4) is 0 Å². The number of hydrogen-bond acceptors (Lipinski definition) is 1. The van der Waals surface area contributed by atoms with Gasteiger partial charge in [0, 0.05) is 17.6 Å². The van der Waals surface area contributed by atoms with Gasteiger partial charge in [0.25, 0.3) is 0 Å². The van der Waals surface area contributed by atoms with Crippen LogP contribution in [0.2, 0.25) is 0 Å². The Bertz CT molecular complexity index is 401. The third kappa shape index (κ3) is 2.24. The zero-order valence-electron chi connectivity index (χ0n) is 9.85. The van der Waals surface area contributed by atoms with Crippen LogP contribution in [0.1, 0.15) is 38.8 Å². The molecule has 3 heteroatoms. The molecular weight excluding hydrogens is 208 g/mol. The monoisotopic (exact) mass is 225 g/mol. The quantitative estimate of drug-likeness (QED) is 0.831. The van der Waals surface area contributed by atoms with Crippen LogP contribution in [0.15, 0.2) is 18.2 Å². The summed E-state index contributed by atoms with van der Waals surface area (Å²) in [6.45, 7) is 6.20. The number of halogens is 2. The Hall–Kier alpha value is -0.960. The van der Waals surface area contributed by atoms with Gasteiger partial charge in [0.1, 0.15) is 11.6 Å². The van der Waals surface area contributed by atoms with E-state index in [9.17, 15) is 8.78 Å². The second kappa shape index (κ2) is 3.81. The molecule has 0 bridgehead atoms. The molecule has 1 aliphatic rings. The molecule has 1 fully saturated rings. The van der Waals surface area contributed by atoms with Crippen LogP contribution in [0.5, 0.6) is 0 Å². The Morgan fingerprint density at radius 1 is 1.38 bits per heavy atom. The van der Waals surface area contributed by atoms with Crippen molar-refractivity contribution < 1.29 is 8.78 Å². The lowest BCUT2D eigenvalue weighted by Crippen LogP contribution is -2.25. The first kappa shape index (κ1) is 11.5. The molecule has 0 amide bonds. The van der Waals surface area contributed by atoms with Gasteiger partial charge in [-0.15, -0.1) is 0 Å². The molecule has 0 heterocycles. The highest BCUT2D eigenvalue weighted by Crippen LogP contribution is 2.45. The minimum absolute atomic E-state index is 0.150. The van der Waals surface area contributed by atoms with Crippen molar-refractivity contribution in [2.75, 3.05) is 0 Å². The van der Waals surface area contributed by atoms with E-state index in [0.29, 0.717) is 11.6 Å². The van der Waals surface area contributed by atoms with Crippen LogP contribution in [0, 0.1) is 17.0 Å². The summed E-state index contributed by atoms with van der Waals surface area (Å²) in [7, 11) is 0. The lowest BCUT2D eigenvalue weighted by molar-refractivity contribution is 0.472. The first-order chi connectivity index (χ1) is 7.40. The summed E-state index contributed by atoms with van der Waals surface area (Å²) < 4.78 is 26.5. The fourth-order valence-corrected chi connectivity index (χ4v) is 1.99. The minimum Gasteiger partial charge on any atom is -0.307 e. The normalized spacial score (nSPS) is 24.2. The van der Waals surface area contributed by atoms with E-state index in [1.165, 1.54) is 12.1 Å². The van der Waals surface area contributed by atoms with Gasteiger partial charge < -0.3 is 5.32 Å². The van der Waals surface area contributed by atoms with E-state index in [0.717, 1.165) is 12.5 Å². The van der Waals surface area contributed by atoms with Crippen molar-refractivity contribution in [2.24, 2.45) is 5.41 Å². The molecular formula is C13H17F2N. The molecule has 0 saturated heterocycles.